The lowest BCUT2D eigenvalue weighted by molar-refractivity contribution is -0.00876. The lowest BCUT2D eigenvalue weighted by Crippen LogP contribution is -2.29. The average molecular weight is 189 g/mol. The highest BCUT2D eigenvalue weighted by molar-refractivity contribution is 4.59. The molecule has 0 aromatic rings. The first-order valence-electron chi connectivity index (χ1n) is 5.15. The van der Waals surface area contributed by atoms with E-state index in [1.807, 2.05) is 13.8 Å². The van der Waals surface area contributed by atoms with Crippen LogP contribution in [0.25, 0.3) is 0 Å². The van der Waals surface area contributed by atoms with Gasteiger partial charge in [-0.25, -0.2) is 0 Å². The second-order valence-electron chi connectivity index (χ2n) is 3.35. The van der Waals surface area contributed by atoms with Crippen LogP contribution in [0.1, 0.15) is 33.6 Å². The smallest absolute Gasteiger partial charge is 0.0781 e. The van der Waals surface area contributed by atoms with E-state index >= 15 is 0 Å². The van der Waals surface area contributed by atoms with E-state index in [9.17, 15) is 0 Å². The molecule has 0 radical (unpaired) electrons. The number of hydrogen-bond donors (Lipinski definition) is 1. The molecule has 0 saturated carbocycles. The Balaban J connectivity index is 3.29. The summed E-state index contributed by atoms with van der Waals surface area (Å²) in [6.45, 7) is 8.17. The summed E-state index contributed by atoms with van der Waals surface area (Å²) in [5.41, 5.74) is 5.80. The van der Waals surface area contributed by atoms with Crippen LogP contribution in [0.2, 0.25) is 0 Å². The predicted octanol–water partition coefficient (Wildman–Crippen LogP) is 1.56. The summed E-state index contributed by atoms with van der Waals surface area (Å²) >= 11 is 0. The number of nitrogens with two attached hydrogens (primary N) is 1. The van der Waals surface area contributed by atoms with Crippen molar-refractivity contribution < 1.29 is 9.47 Å². The molecule has 0 aliphatic rings. The topological polar surface area (TPSA) is 44.5 Å². The SMILES string of the molecule is CCCC(N)COC(C)COCC. The van der Waals surface area contributed by atoms with Gasteiger partial charge >= 0.3 is 0 Å². The van der Waals surface area contributed by atoms with Crippen molar-refractivity contribution in [3.8, 4) is 0 Å². The Morgan fingerprint density at radius 1 is 1.23 bits per heavy atom. The van der Waals surface area contributed by atoms with Gasteiger partial charge in [0.2, 0.25) is 0 Å². The van der Waals surface area contributed by atoms with Crippen molar-refractivity contribution in [2.24, 2.45) is 5.73 Å². The van der Waals surface area contributed by atoms with Crippen LogP contribution in [-0.4, -0.2) is 32.0 Å². The van der Waals surface area contributed by atoms with Crippen molar-refractivity contribution in [2.75, 3.05) is 19.8 Å². The van der Waals surface area contributed by atoms with E-state index < -0.39 is 0 Å². The summed E-state index contributed by atoms with van der Waals surface area (Å²) < 4.78 is 10.7. The zero-order valence-electron chi connectivity index (χ0n) is 9.08. The van der Waals surface area contributed by atoms with E-state index in [1.54, 1.807) is 0 Å². The molecule has 0 aliphatic heterocycles. The van der Waals surface area contributed by atoms with E-state index in [2.05, 4.69) is 6.92 Å². The molecular weight excluding hydrogens is 166 g/mol. The fraction of sp³-hybridized carbons (Fsp3) is 1.00. The van der Waals surface area contributed by atoms with Crippen LogP contribution < -0.4 is 5.73 Å². The molecule has 2 unspecified atom stereocenters. The van der Waals surface area contributed by atoms with Gasteiger partial charge in [0.15, 0.2) is 0 Å². The quantitative estimate of drug-likeness (QED) is 0.630. The van der Waals surface area contributed by atoms with Crippen molar-refractivity contribution >= 4 is 0 Å². The van der Waals surface area contributed by atoms with Crippen molar-refractivity contribution in [2.45, 2.75) is 45.8 Å². The van der Waals surface area contributed by atoms with Gasteiger partial charge < -0.3 is 15.2 Å². The third-order valence-electron chi connectivity index (χ3n) is 1.81. The van der Waals surface area contributed by atoms with Crippen molar-refractivity contribution in [1.29, 1.82) is 0 Å². The molecule has 3 nitrogen and oxygen atoms in total. The number of hydrogen-bond acceptors (Lipinski definition) is 3. The fourth-order valence-corrected chi connectivity index (χ4v) is 1.07. The molecule has 0 fully saturated rings. The highest BCUT2D eigenvalue weighted by Crippen LogP contribution is 1.98. The molecule has 0 aromatic carbocycles. The third kappa shape index (κ3) is 8.22. The minimum absolute atomic E-state index is 0.155. The monoisotopic (exact) mass is 189 g/mol. The summed E-state index contributed by atoms with van der Waals surface area (Å²) in [6, 6.07) is 0.175. The van der Waals surface area contributed by atoms with Crippen LogP contribution >= 0.6 is 0 Å². The minimum atomic E-state index is 0.155. The summed E-state index contributed by atoms with van der Waals surface area (Å²) in [5, 5.41) is 0. The first kappa shape index (κ1) is 12.9. The van der Waals surface area contributed by atoms with Gasteiger partial charge in [-0.3, -0.25) is 0 Å². The van der Waals surface area contributed by atoms with Crippen LogP contribution in [0, 0.1) is 0 Å². The number of ether oxygens (including phenoxy) is 2. The zero-order chi connectivity index (χ0) is 10.1. The molecular formula is C10H23NO2. The van der Waals surface area contributed by atoms with Gasteiger partial charge in [-0.1, -0.05) is 13.3 Å². The van der Waals surface area contributed by atoms with Gasteiger partial charge in [0, 0.05) is 12.6 Å². The fourth-order valence-electron chi connectivity index (χ4n) is 1.07. The standard InChI is InChI=1S/C10H23NO2/c1-4-6-10(11)8-13-9(3)7-12-5-2/h9-10H,4-8,11H2,1-3H3. The second kappa shape index (κ2) is 8.48. The van der Waals surface area contributed by atoms with Crippen molar-refractivity contribution in [1.82, 2.24) is 0 Å². The summed E-state index contributed by atoms with van der Waals surface area (Å²) in [7, 11) is 0. The van der Waals surface area contributed by atoms with Gasteiger partial charge in [-0.05, 0) is 20.3 Å². The normalized spacial score (nSPS) is 15.7. The molecule has 0 aliphatic carbocycles. The Kier molecular flexibility index (Phi) is 8.40. The Bertz CT molecular complexity index is 109. The summed E-state index contributed by atoms with van der Waals surface area (Å²) in [6.07, 6.45) is 2.30. The Hall–Kier alpha value is -0.120. The van der Waals surface area contributed by atoms with Crippen LogP contribution in [0.5, 0.6) is 0 Å². The van der Waals surface area contributed by atoms with Gasteiger partial charge in [-0.15, -0.1) is 0 Å². The molecule has 0 bridgehead atoms. The molecule has 0 heterocycles. The molecule has 2 N–H and O–H groups in total. The van der Waals surface area contributed by atoms with E-state index in [-0.39, 0.29) is 12.1 Å². The van der Waals surface area contributed by atoms with Crippen LogP contribution in [0.3, 0.4) is 0 Å². The Morgan fingerprint density at radius 3 is 2.46 bits per heavy atom. The van der Waals surface area contributed by atoms with Crippen LogP contribution in [0.4, 0.5) is 0 Å². The highest BCUT2D eigenvalue weighted by Gasteiger charge is 2.05. The minimum Gasteiger partial charge on any atom is -0.379 e. The zero-order valence-corrected chi connectivity index (χ0v) is 9.08. The maximum atomic E-state index is 5.80. The molecule has 0 amide bonds. The van der Waals surface area contributed by atoms with E-state index in [0.29, 0.717) is 13.2 Å². The van der Waals surface area contributed by atoms with Gasteiger partial charge in [0.25, 0.3) is 0 Å². The van der Waals surface area contributed by atoms with Gasteiger partial charge in [-0.2, -0.15) is 0 Å². The molecule has 0 saturated heterocycles. The molecule has 0 aromatic heterocycles. The first-order valence-corrected chi connectivity index (χ1v) is 5.15. The van der Waals surface area contributed by atoms with E-state index in [1.165, 1.54) is 0 Å². The maximum absolute atomic E-state index is 5.80. The van der Waals surface area contributed by atoms with Gasteiger partial charge in [0.1, 0.15) is 0 Å². The Morgan fingerprint density at radius 2 is 1.92 bits per heavy atom. The highest BCUT2D eigenvalue weighted by atomic mass is 16.5. The first-order chi connectivity index (χ1) is 6.20. The second-order valence-corrected chi connectivity index (χ2v) is 3.35. The number of rotatable bonds is 8. The average Bonchev–Trinajstić information content (AvgIpc) is 2.12. The van der Waals surface area contributed by atoms with Crippen molar-refractivity contribution in [3.05, 3.63) is 0 Å². The van der Waals surface area contributed by atoms with Crippen LogP contribution in [0.15, 0.2) is 0 Å². The van der Waals surface area contributed by atoms with E-state index in [0.717, 1.165) is 19.4 Å². The maximum Gasteiger partial charge on any atom is 0.0781 e. The van der Waals surface area contributed by atoms with Gasteiger partial charge in [0.05, 0.1) is 19.3 Å². The molecule has 13 heavy (non-hydrogen) atoms. The van der Waals surface area contributed by atoms with Crippen LogP contribution in [-0.2, 0) is 9.47 Å². The van der Waals surface area contributed by atoms with Crippen molar-refractivity contribution in [3.63, 3.8) is 0 Å². The van der Waals surface area contributed by atoms with E-state index in [4.69, 9.17) is 15.2 Å². The lowest BCUT2D eigenvalue weighted by atomic mass is 10.2. The molecule has 3 heteroatoms. The molecule has 0 rings (SSSR count). The third-order valence-corrected chi connectivity index (χ3v) is 1.81. The molecule has 80 valence electrons. The lowest BCUT2D eigenvalue weighted by Gasteiger charge is -2.16. The molecule has 2 atom stereocenters. The Labute approximate surface area is 81.6 Å². The molecule has 0 spiro atoms. The summed E-state index contributed by atoms with van der Waals surface area (Å²) in [5.74, 6) is 0. The predicted molar refractivity (Wildman–Crippen MR) is 54.8 cm³/mol. The summed E-state index contributed by atoms with van der Waals surface area (Å²) in [4.78, 5) is 0. The largest absolute Gasteiger partial charge is 0.379 e.